The van der Waals surface area contributed by atoms with Crippen LogP contribution in [0.15, 0.2) is 48.5 Å². The quantitative estimate of drug-likeness (QED) is 0.574. The van der Waals surface area contributed by atoms with Crippen molar-refractivity contribution in [3.63, 3.8) is 0 Å². The number of nitrogens with two attached hydrogens (primary N) is 1. The molecule has 2 aromatic carbocycles. The van der Waals surface area contributed by atoms with Crippen LogP contribution in [0.3, 0.4) is 0 Å². The number of carboxylic acids is 1. The predicted molar refractivity (Wildman–Crippen MR) is 114 cm³/mol. The smallest absolute Gasteiger partial charge is 0.320 e. The number of nitrogens with one attached hydrogen (secondary N) is 1. The molecule has 3 rings (SSSR count). The lowest BCUT2D eigenvalue weighted by Crippen LogP contribution is -2.36. The van der Waals surface area contributed by atoms with Gasteiger partial charge in [0.15, 0.2) is 0 Å². The van der Waals surface area contributed by atoms with Gasteiger partial charge in [-0.05, 0) is 55.9 Å². The highest BCUT2D eigenvalue weighted by Crippen LogP contribution is 2.31. The second-order valence-corrected chi connectivity index (χ2v) is 7.89. The van der Waals surface area contributed by atoms with Gasteiger partial charge in [0.2, 0.25) is 0 Å². The molecular formula is C23H29N3O3. The van der Waals surface area contributed by atoms with Crippen LogP contribution in [0, 0.1) is 12.8 Å². The number of amides is 1. The zero-order valence-corrected chi connectivity index (χ0v) is 16.8. The van der Waals surface area contributed by atoms with Crippen LogP contribution in [0.5, 0.6) is 0 Å². The maximum absolute atomic E-state index is 12.7. The molecule has 0 bridgehead atoms. The van der Waals surface area contributed by atoms with Crippen LogP contribution < -0.4 is 11.1 Å². The summed E-state index contributed by atoms with van der Waals surface area (Å²) in [7, 11) is 0. The van der Waals surface area contributed by atoms with Crippen molar-refractivity contribution in [1.82, 2.24) is 4.90 Å². The molecule has 0 saturated heterocycles. The standard InChI is InChI=1S/C23H29N3O3/c1-16-5-4-7-18(13-16)22(27)25-21-8-3-2-6-19(21)15-26(14-17-9-10-17)12-11-20(24)23(28)29/h2-8,13,17,20H,9-12,14-15,24H2,1H3,(H,25,27)(H,28,29). The number of nitrogens with zero attached hydrogens (tertiary/aromatic N) is 1. The molecule has 0 radical (unpaired) electrons. The van der Waals surface area contributed by atoms with Crippen molar-refractivity contribution >= 4 is 17.6 Å². The van der Waals surface area contributed by atoms with E-state index < -0.39 is 12.0 Å². The summed E-state index contributed by atoms with van der Waals surface area (Å²) in [5.41, 5.74) is 9.15. The lowest BCUT2D eigenvalue weighted by molar-refractivity contribution is -0.138. The van der Waals surface area contributed by atoms with Gasteiger partial charge >= 0.3 is 5.97 Å². The fraction of sp³-hybridized carbons (Fsp3) is 0.391. The Morgan fingerprint density at radius 3 is 2.66 bits per heavy atom. The number of carboxylic acid groups (broad SMARTS) is 1. The van der Waals surface area contributed by atoms with E-state index in [1.165, 1.54) is 12.8 Å². The molecule has 0 spiro atoms. The average molecular weight is 396 g/mol. The van der Waals surface area contributed by atoms with Gasteiger partial charge in [0, 0.05) is 30.9 Å². The lowest BCUT2D eigenvalue weighted by atomic mass is 10.1. The molecule has 4 N–H and O–H groups in total. The molecule has 1 saturated carbocycles. The van der Waals surface area contributed by atoms with Gasteiger partial charge in [0.1, 0.15) is 6.04 Å². The molecular weight excluding hydrogens is 366 g/mol. The summed E-state index contributed by atoms with van der Waals surface area (Å²) in [6, 6.07) is 14.4. The Kier molecular flexibility index (Phi) is 7.01. The minimum absolute atomic E-state index is 0.136. The topological polar surface area (TPSA) is 95.7 Å². The van der Waals surface area contributed by atoms with Crippen molar-refractivity contribution in [2.45, 2.75) is 38.8 Å². The molecule has 1 amide bonds. The maximum atomic E-state index is 12.7. The van der Waals surface area contributed by atoms with E-state index >= 15 is 0 Å². The van der Waals surface area contributed by atoms with E-state index in [0.717, 1.165) is 23.4 Å². The molecule has 29 heavy (non-hydrogen) atoms. The largest absolute Gasteiger partial charge is 0.480 e. The van der Waals surface area contributed by atoms with Gasteiger partial charge in [-0.2, -0.15) is 0 Å². The number of aliphatic carboxylic acids is 1. The summed E-state index contributed by atoms with van der Waals surface area (Å²) in [5.74, 6) is -0.435. The van der Waals surface area contributed by atoms with Gasteiger partial charge < -0.3 is 16.2 Å². The van der Waals surface area contributed by atoms with Gasteiger partial charge in [-0.1, -0.05) is 35.9 Å². The van der Waals surface area contributed by atoms with Gasteiger partial charge in [0.05, 0.1) is 0 Å². The Morgan fingerprint density at radius 1 is 1.21 bits per heavy atom. The third-order valence-electron chi connectivity index (χ3n) is 5.23. The van der Waals surface area contributed by atoms with E-state index in [4.69, 9.17) is 10.8 Å². The first-order chi connectivity index (χ1) is 13.9. The fourth-order valence-corrected chi connectivity index (χ4v) is 3.35. The van der Waals surface area contributed by atoms with Crippen LogP contribution in [0.25, 0.3) is 0 Å². The monoisotopic (exact) mass is 395 g/mol. The number of para-hydroxylation sites is 1. The van der Waals surface area contributed by atoms with Crippen LogP contribution in [0.2, 0.25) is 0 Å². The minimum Gasteiger partial charge on any atom is -0.480 e. The van der Waals surface area contributed by atoms with Crippen LogP contribution in [0.4, 0.5) is 5.69 Å². The molecule has 0 aliphatic heterocycles. The van der Waals surface area contributed by atoms with E-state index in [0.29, 0.717) is 31.0 Å². The van der Waals surface area contributed by atoms with Crippen LogP contribution in [-0.2, 0) is 11.3 Å². The summed E-state index contributed by atoms with van der Waals surface area (Å²) in [6.07, 6.45) is 2.83. The number of hydrogen-bond acceptors (Lipinski definition) is 4. The zero-order valence-electron chi connectivity index (χ0n) is 16.8. The van der Waals surface area contributed by atoms with Crippen molar-refractivity contribution in [2.24, 2.45) is 11.7 Å². The van der Waals surface area contributed by atoms with Gasteiger partial charge in [0.25, 0.3) is 5.91 Å². The first-order valence-electron chi connectivity index (χ1n) is 10.1. The SMILES string of the molecule is Cc1cccc(C(=O)Nc2ccccc2CN(CCC(N)C(=O)O)CC2CC2)c1. The highest BCUT2D eigenvalue weighted by atomic mass is 16.4. The van der Waals surface area contributed by atoms with E-state index in [2.05, 4.69) is 10.2 Å². The molecule has 1 atom stereocenters. The molecule has 1 unspecified atom stereocenters. The summed E-state index contributed by atoms with van der Waals surface area (Å²) in [5, 5.41) is 12.1. The Balaban J connectivity index is 1.70. The summed E-state index contributed by atoms with van der Waals surface area (Å²) in [6.45, 7) is 4.14. The third-order valence-corrected chi connectivity index (χ3v) is 5.23. The van der Waals surface area contributed by atoms with E-state index in [-0.39, 0.29) is 5.91 Å². The number of hydrogen-bond donors (Lipinski definition) is 3. The van der Waals surface area contributed by atoms with Crippen LogP contribution >= 0.6 is 0 Å². The predicted octanol–water partition coefficient (Wildman–Crippen LogP) is 3.26. The normalized spacial score (nSPS) is 14.6. The number of carbonyl (C=O) groups is 2. The second kappa shape index (κ2) is 9.67. The number of anilines is 1. The maximum Gasteiger partial charge on any atom is 0.320 e. The first-order valence-corrected chi connectivity index (χ1v) is 10.1. The molecule has 6 nitrogen and oxygen atoms in total. The zero-order chi connectivity index (χ0) is 20.8. The Labute approximate surface area is 171 Å². The highest BCUT2D eigenvalue weighted by Gasteiger charge is 2.25. The number of aryl methyl sites for hydroxylation is 1. The summed E-state index contributed by atoms with van der Waals surface area (Å²) < 4.78 is 0. The number of rotatable bonds is 10. The molecule has 1 fully saturated rings. The van der Waals surface area contributed by atoms with Crippen molar-refractivity contribution in [1.29, 1.82) is 0 Å². The molecule has 154 valence electrons. The minimum atomic E-state index is -0.970. The molecule has 6 heteroatoms. The van der Waals surface area contributed by atoms with E-state index in [9.17, 15) is 9.59 Å². The number of benzene rings is 2. The molecule has 1 aliphatic rings. The van der Waals surface area contributed by atoms with E-state index in [1.807, 2.05) is 49.4 Å². The van der Waals surface area contributed by atoms with Crippen LogP contribution in [0.1, 0.15) is 40.7 Å². The van der Waals surface area contributed by atoms with Crippen molar-refractivity contribution in [3.05, 3.63) is 65.2 Å². The fourth-order valence-electron chi connectivity index (χ4n) is 3.35. The molecule has 0 heterocycles. The number of carbonyl (C=O) groups excluding carboxylic acids is 1. The summed E-state index contributed by atoms with van der Waals surface area (Å²) in [4.78, 5) is 26.0. The van der Waals surface area contributed by atoms with Crippen molar-refractivity contribution in [2.75, 3.05) is 18.4 Å². The van der Waals surface area contributed by atoms with Crippen molar-refractivity contribution in [3.8, 4) is 0 Å². The Bertz CT molecular complexity index is 864. The second-order valence-electron chi connectivity index (χ2n) is 7.89. The first kappa shape index (κ1) is 21.0. The van der Waals surface area contributed by atoms with Gasteiger partial charge in [-0.15, -0.1) is 0 Å². The average Bonchev–Trinajstić information content (AvgIpc) is 3.51. The summed E-state index contributed by atoms with van der Waals surface area (Å²) >= 11 is 0. The molecule has 1 aliphatic carbocycles. The van der Waals surface area contributed by atoms with Crippen LogP contribution in [-0.4, -0.2) is 41.0 Å². The molecule has 0 aromatic heterocycles. The van der Waals surface area contributed by atoms with Crippen molar-refractivity contribution < 1.29 is 14.7 Å². The third kappa shape index (κ3) is 6.41. The van der Waals surface area contributed by atoms with Gasteiger partial charge in [-0.3, -0.25) is 14.5 Å². The Hall–Kier alpha value is -2.70. The Morgan fingerprint density at radius 2 is 1.97 bits per heavy atom. The van der Waals surface area contributed by atoms with Gasteiger partial charge in [-0.25, -0.2) is 0 Å². The van der Waals surface area contributed by atoms with E-state index in [1.54, 1.807) is 6.07 Å². The highest BCUT2D eigenvalue weighted by molar-refractivity contribution is 6.04. The molecule has 2 aromatic rings. The lowest BCUT2D eigenvalue weighted by Gasteiger charge is -2.24.